The number of carbonyl (C=O) groups is 3. The zero-order valence-electron chi connectivity index (χ0n) is 21.7. The zero-order valence-corrected chi connectivity index (χ0v) is 22.5. The lowest BCUT2D eigenvalue weighted by molar-refractivity contribution is 0.0750. The van der Waals surface area contributed by atoms with E-state index in [4.69, 9.17) is 4.74 Å². The molecule has 2 rings (SSSR count). The number of nitrogens with zero attached hydrogens (tertiary/aromatic N) is 2. The Bertz CT molecular complexity index is 1130. The van der Waals surface area contributed by atoms with Crippen LogP contribution in [0.15, 0.2) is 47.5 Å². The number of hydrogen-bond donors (Lipinski definition) is 2. The topological polar surface area (TPSA) is 135 Å². The number of nitrogens with one attached hydrogen (secondary N) is 2. The van der Waals surface area contributed by atoms with E-state index in [0.717, 1.165) is 31.9 Å². The Kier molecular flexibility index (Phi) is 12.2. The largest absolute Gasteiger partial charge is 0.380 e. The highest BCUT2D eigenvalue weighted by Gasteiger charge is 2.21. The predicted molar refractivity (Wildman–Crippen MR) is 140 cm³/mol. The first-order chi connectivity index (χ1) is 17.7. The number of sulfonamides is 1. The van der Waals surface area contributed by atoms with Crippen molar-refractivity contribution in [2.24, 2.45) is 0 Å². The van der Waals surface area contributed by atoms with Crippen molar-refractivity contribution in [3.05, 3.63) is 59.4 Å². The standard InChI is InChI=1S/C26H36N4O6S/c1-4-7-16-30(17-8-5-2)26(33)20-9-12-22(13-10-20)37(34,35)29-24(31)21-11-14-23(28-19-21)25(32)27-15-18-36-6-3/h9-14,19H,4-8,15-18H2,1-3H3,(H,27,32)(H,29,31). The van der Waals surface area contributed by atoms with Crippen LogP contribution < -0.4 is 10.0 Å². The highest BCUT2D eigenvalue weighted by atomic mass is 32.2. The van der Waals surface area contributed by atoms with Crippen molar-refractivity contribution in [3.8, 4) is 0 Å². The summed E-state index contributed by atoms with van der Waals surface area (Å²) in [4.78, 5) is 43.1. The number of unbranched alkanes of at least 4 members (excludes halogenated alkanes) is 2. The molecule has 0 aliphatic rings. The molecule has 1 heterocycles. The van der Waals surface area contributed by atoms with E-state index < -0.39 is 21.8 Å². The zero-order chi connectivity index (χ0) is 27.3. The third kappa shape index (κ3) is 9.25. The fourth-order valence-corrected chi connectivity index (χ4v) is 4.32. The van der Waals surface area contributed by atoms with Gasteiger partial charge in [-0.2, -0.15) is 0 Å². The third-order valence-corrected chi connectivity index (χ3v) is 6.83. The van der Waals surface area contributed by atoms with Crippen LogP contribution in [0.4, 0.5) is 0 Å². The van der Waals surface area contributed by atoms with Crippen molar-refractivity contribution < 1.29 is 27.5 Å². The molecule has 0 radical (unpaired) electrons. The molecule has 0 aliphatic carbocycles. The molecule has 2 aromatic rings. The molecule has 202 valence electrons. The van der Waals surface area contributed by atoms with Gasteiger partial charge in [0.1, 0.15) is 5.69 Å². The van der Waals surface area contributed by atoms with E-state index in [1.54, 1.807) is 4.90 Å². The Hall–Kier alpha value is -3.31. The van der Waals surface area contributed by atoms with E-state index in [1.165, 1.54) is 36.4 Å². The van der Waals surface area contributed by atoms with Crippen LogP contribution >= 0.6 is 0 Å². The molecule has 0 unspecified atom stereocenters. The molecule has 1 aromatic carbocycles. The van der Waals surface area contributed by atoms with Gasteiger partial charge in [0.05, 0.1) is 17.1 Å². The molecule has 11 heteroatoms. The molecule has 0 saturated carbocycles. The lowest BCUT2D eigenvalue weighted by Crippen LogP contribution is -2.33. The van der Waals surface area contributed by atoms with Crippen molar-refractivity contribution in [2.45, 2.75) is 51.3 Å². The molecule has 0 spiro atoms. The van der Waals surface area contributed by atoms with Crippen molar-refractivity contribution in [3.63, 3.8) is 0 Å². The lowest BCUT2D eigenvalue weighted by atomic mass is 10.1. The highest BCUT2D eigenvalue weighted by molar-refractivity contribution is 7.90. The molecule has 1 aromatic heterocycles. The summed E-state index contributed by atoms with van der Waals surface area (Å²) in [5, 5.41) is 2.63. The Morgan fingerprint density at radius 3 is 2.05 bits per heavy atom. The van der Waals surface area contributed by atoms with Crippen LogP contribution in [0.3, 0.4) is 0 Å². The highest BCUT2D eigenvalue weighted by Crippen LogP contribution is 2.14. The van der Waals surface area contributed by atoms with Gasteiger partial charge < -0.3 is 15.0 Å². The summed E-state index contributed by atoms with van der Waals surface area (Å²) in [6, 6.07) is 8.15. The Labute approximate surface area is 218 Å². The average molecular weight is 533 g/mol. The smallest absolute Gasteiger partial charge is 0.269 e. The summed E-state index contributed by atoms with van der Waals surface area (Å²) in [5.74, 6) is -1.47. The summed E-state index contributed by atoms with van der Waals surface area (Å²) >= 11 is 0. The molecule has 0 fully saturated rings. The van der Waals surface area contributed by atoms with Gasteiger partial charge in [-0.05, 0) is 56.2 Å². The van der Waals surface area contributed by atoms with Crippen LogP contribution in [0.25, 0.3) is 0 Å². The number of ether oxygens (including phenoxy) is 1. The number of amides is 3. The van der Waals surface area contributed by atoms with E-state index >= 15 is 0 Å². The van der Waals surface area contributed by atoms with E-state index in [-0.39, 0.29) is 22.1 Å². The summed E-state index contributed by atoms with van der Waals surface area (Å²) < 4.78 is 32.6. The average Bonchev–Trinajstić information content (AvgIpc) is 2.90. The molecular weight excluding hydrogens is 496 g/mol. The molecular formula is C26H36N4O6S. The van der Waals surface area contributed by atoms with Crippen LogP contribution in [0.1, 0.15) is 77.7 Å². The second-order valence-electron chi connectivity index (χ2n) is 8.34. The quantitative estimate of drug-likeness (QED) is 0.337. The van der Waals surface area contributed by atoms with E-state index in [2.05, 4.69) is 24.1 Å². The Morgan fingerprint density at radius 2 is 1.51 bits per heavy atom. The number of carbonyl (C=O) groups excluding carboxylic acids is 3. The molecule has 37 heavy (non-hydrogen) atoms. The van der Waals surface area contributed by atoms with E-state index in [0.29, 0.717) is 38.4 Å². The molecule has 0 aliphatic heterocycles. The van der Waals surface area contributed by atoms with Gasteiger partial charge in [0.25, 0.3) is 27.7 Å². The summed E-state index contributed by atoms with van der Waals surface area (Å²) in [5.41, 5.74) is 0.448. The number of rotatable bonds is 15. The molecule has 0 atom stereocenters. The minimum Gasteiger partial charge on any atom is -0.380 e. The van der Waals surface area contributed by atoms with Crippen LogP contribution in [-0.4, -0.2) is 68.9 Å². The first-order valence-corrected chi connectivity index (χ1v) is 14.0. The summed E-state index contributed by atoms with van der Waals surface area (Å²) in [6.45, 7) is 8.48. The third-order valence-electron chi connectivity index (χ3n) is 5.48. The maximum absolute atomic E-state index is 12.9. The fourth-order valence-electron chi connectivity index (χ4n) is 3.35. The van der Waals surface area contributed by atoms with Crippen LogP contribution in [-0.2, 0) is 14.8 Å². The molecule has 0 saturated heterocycles. The van der Waals surface area contributed by atoms with Gasteiger partial charge in [-0.3, -0.25) is 19.4 Å². The Morgan fingerprint density at radius 1 is 0.892 bits per heavy atom. The number of pyridine rings is 1. The van der Waals surface area contributed by atoms with Crippen molar-refractivity contribution >= 4 is 27.7 Å². The lowest BCUT2D eigenvalue weighted by Gasteiger charge is -2.22. The minimum atomic E-state index is -4.19. The first-order valence-electron chi connectivity index (χ1n) is 12.5. The van der Waals surface area contributed by atoms with Gasteiger partial charge in [0.15, 0.2) is 0 Å². The first kappa shape index (κ1) is 29.9. The molecule has 10 nitrogen and oxygen atoms in total. The van der Waals surface area contributed by atoms with Crippen molar-refractivity contribution in [1.29, 1.82) is 0 Å². The minimum absolute atomic E-state index is 0.0243. The van der Waals surface area contributed by atoms with Gasteiger partial charge in [-0.25, -0.2) is 13.1 Å². The van der Waals surface area contributed by atoms with E-state index in [9.17, 15) is 22.8 Å². The molecule has 2 N–H and O–H groups in total. The predicted octanol–water partition coefficient (Wildman–Crippen LogP) is 3.01. The van der Waals surface area contributed by atoms with Gasteiger partial charge in [0.2, 0.25) is 0 Å². The van der Waals surface area contributed by atoms with Gasteiger partial charge in [-0.15, -0.1) is 0 Å². The monoisotopic (exact) mass is 532 g/mol. The normalized spacial score (nSPS) is 11.1. The SMILES string of the molecule is CCCCN(CCCC)C(=O)c1ccc(S(=O)(=O)NC(=O)c2ccc(C(=O)NCCOCC)nc2)cc1. The number of hydrogen-bond acceptors (Lipinski definition) is 7. The maximum Gasteiger partial charge on any atom is 0.269 e. The number of aromatic nitrogens is 1. The molecule has 3 amide bonds. The second kappa shape index (κ2) is 15.1. The Balaban J connectivity index is 2.04. The second-order valence-corrected chi connectivity index (χ2v) is 10.0. The van der Waals surface area contributed by atoms with Gasteiger partial charge in [0, 0.05) is 38.0 Å². The van der Waals surface area contributed by atoms with Crippen LogP contribution in [0.2, 0.25) is 0 Å². The van der Waals surface area contributed by atoms with Crippen LogP contribution in [0, 0.1) is 0 Å². The maximum atomic E-state index is 12.9. The van der Waals surface area contributed by atoms with Crippen molar-refractivity contribution in [2.75, 3.05) is 32.8 Å². The van der Waals surface area contributed by atoms with Gasteiger partial charge >= 0.3 is 0 Å². The van der Waals surface area contributed by atoms with Crippen molar-refractivity contribution in [1.82, 2.24) is 19.9 Å². The van der Waals surface area contributed by atoms with Crippen LogP contribution in [0.5, 0.6) is 0 Å². The van der Waals surface area contributed by atoms with E-state index in [1.807, 2.05) is 11.6 Å². The number of benzene rings is 1. The summed E-state index contributed by atoms with van der Waals surface area (Å²) in [6.07, 6.45) is 4.84. The summed E-state index contributed by atoms with van der Waals surface area (Å²) in [7, 11) is -4.19. The molecule has 0 bridgehead atoms. The van der Waals surface area contributed by atoms with Gasteiger partial charge in [-0.1, -0.05) is 26.7 Å². The fraction of sp³-hybridized carbons (Fsp3) is 0.462.